The molecule has 2 heteroatoms. The van der Waals surface area contributed by atoms with E-state index in [2.05, 4.69) is 51.6 Å². The zero-order chi connectivity index (χ0) is 12.6. The van der Waals surface area contributed by atoms with Gasteiger partial charge in [0.1, 0.15) is 0 Å². The molecule has 98 valence electrons. The molecule has 0 rings (SSSR count). The normalized spacial score (nSPS) is 12.4. The molecule has 0 bridgehead atoms. The number of hydrogen-bond donors (Lipinski definition) is 0. The molecular formula is C14H32N2. The first-order chi connectivity index (χ1) is 7.54. The molecule has 0 aromatic carbocycles. The van der Waals surface area contributed by atoms with Crippen molar-refractivity contribution in [2.75, 3.05) is 13.1 Å². The lowest BCUT2D eigenvalue weighted by Crippen LogP contribution is -2.51. The Bertz CT molecular complexity index is 139. The second-order valence-electron chi connectivity index (χ2n) is 5.23. The van der Waals surface area contributed by atoms with Gasteiger partial charge in [-0.25, -0.2) is 10.0 Å². The zero-order valence-electron chi connectivity index (χ0n) is 12.3. The minimum Gasteiger partial charge on any atom is -0.241 e. The topological polar surface area (TPSA) is 6.48 Å². The van der Waals surface area contributed by atoms with Gasteiger partial charge in [0.25, 0.3) is 0 Å². The van der Waals surface area contributed by atoms with Crippen LogP contribution >= 0.6 is 0 Å². The predicted molar refractivity (Wildman–Crippen MR) is 73.5 cm³/mol. The Labute approximate surface area is 103 Å². The van der Waals surface area contributed by atoms with Crippen LogP contribution in [0.25, 0.3) is 0 Å². The van der Waals surface area contributed by atoms with Crippen LogP contribution in [0.15, 0.2) is 0 Å². The van der Waals surface area contributed by atoms with Crippen molar-refractivity contribution in [3.8, 4) is 0 Å². The van der Waals surface area contributed by atoms with Crippen molar-refractivity contribution in [2.45, 2.75) is 79.3 Å². The van der Waals surface area contributed by atoms with Gasteiger partial charge in [0.15, 0.2) is 0 Å². The molecule has 0 atom stereocenters. The average Bonchev–Trinajstić information content (AvgIpc) is 2.20. The molecule has 16 heavy (non-hydrogen) atoms. The summed E-state index contributed by atoms with van der Waals surface area (Å²) >= 11 is 0. The summed E-state index contributed by atoms with van der Waals surface area (Å²) in [6.07, 6.45) is 5.18. The first-order valence-corrected chi connectivity index (χ1v) is 7.07. The van der Waals surface area contributed by atoms with E-state index in [9.17, 15) is 0 Å². The summed E-state index contributed by atoms with van der Waals surface area (Å²) in [4.78, 5) is 0. The van der Waals surface area contributed by atoms with Crippen LogP contribution in [0.3, 0.4) is 0 Å². The van der Waals surface area contributed by atoms with E-state index in [-0.39, 0.29) is 0 Å². The van der Waals surface area contributed by atoms with Gasteiger partial charge in [-0.1, -0.05) is 26.7 Å². The minimum absolute atomic E-state index is 0.605. The van der Waals surface area contributed by atoms with E-state index in [1.807, 2.05) is 0 Å². The fourth-order valence-electron chi connectivity index (χ4n) is 2.27. The maximum Gasteiger partial charge on any atom is 0.0192 e. The van der Waals surface area contributed by atoms with Crippen LogP contribution in [0.5, 0.6) is 0 Å². The molecule has 0 heterocycles. The minimum atomic E-state index is 0.605. The quantitative estimate of drug-likeness (QED) is 0.552. The van der Waals surface area contributed by atoms with Crippen molar-refractivity contribution in [1.29, 1.82) is 0 Å². The Hall–Kier alpha value is -0.0800. The molecule has 2 nitrogen and oxygen atoms in total. The summed E-state index contributed by atoms with van der Waals surface area (Å²) in [6, 6.07) is 1.21. The highest BCUT2D eigenvalue weighted by Crippen LogP contribution is 2.12. The van der Waals surface area contributed by atoms with Gasteiger partial charge in [-0.05, 0) is 40.5 Å². The predicted octanol–water partition coefficient (Wildman–Crippen LogP) is 3.92. The number of hydrazine groups is 1. The molecule has 0 amide bonds. The summed E-state index contributed by atoms with van der Waals surface area (Å²) in [5.41, 5.74) is 0. The second-order valence-corrected chi connectivity index (χ2v) is 5.23. The van der Waals surface area contributed by atoms with Crippen molar-refractivity contribution in [3.05, 3.63) is 0 Å². The van der Waals surface area contributed by atoms with Crippen LogP contribution in [0.2, 0.25) is 0 Å². The molecular weight excluding hydrogens is 196 g/mol. The Morgan fingerprint density at radius 1 is 0.750 bits per heavy atom. The maximum absolute atomic E-state index is 2.57. The highest BCUT2D eigenvalue weighted by molar-refractivity contribution is 4.67. The maximum atomic E-state index is 2.57. The smallest absolute Gasteiger partial charge is 0.0192 e. The second kappa shape index (κ2) is 9.00. The van der Waals surface area contributed by atoms with Crippen LogP contribution in [0, 0.1) is 0 Å². The molecule has 0 aromatic rings. The van der Waals surface area contributed by atoms with Gasteiger partial charge in [0.2, 0.25) is 0 Å². The third-order valence-electron chi connectivity index (χ3n) is 2.92. The van der Waals surface area contributed by atoms with Crippen molar-refractivity contribution in [3.63, 3.8) is 0 Å². The Balaban J connectivity index is 4.40. The van der Waals surface area contributed by atoms with E-state index in [1.165, 1.54) is 38.8 Å². The fraction of sp³-hybridized carbons (Fsp3) is 1.00. The molecule has 0 aliphatic rings. The Morgan fingerprint density at radius 3 is 1.38 bits per heavy atom. The highest BCUT2D eigenvalue weighted by Gasteiger charge is 2.20. The van der Waals surface area contributed by atoms with Crippen LogP contribution < -0.4 is 0 Å². The molecule has 0 unspecified atom stereocenters. The monoisotopic (exact) mass is 228 g/mol. The zero-order valence-corrected chi connectivity index (χ0v) is 12.3. The highest BCUT2D eigenvalue weighted by atomic mass is 15.6. The van der Waals surface area contributed by atoms with Crippen molar-refractivity contribution >= 4 is 0 Å². The third kappa shape index (κ3) is 5.86. The summed E-state index contributed by atoms with van der Waals surface area (Å²) in [5, 5.41) is 5.12. The molecule has 0 aliphatic carbocycles. The molecule has 0 N–H and O–H groups in total. The summed E-state index contributed by atoms with van der Waals surface area (Å²) in [5.74, 6) is 0. The molecule has 0 fully saturated rings. The SMILES string of the molecule is CCCCN(CCCC)N(C(C)C)C(C)C. The van der Waals surface area contributed by atoms with Gasteiger partial charge < -0.3 is 0 Å². The van der Waals surface area contributed by atoms with Crippen molar-refractivity contribution in [1.82, 2.24) is 10.0 Å². The van der Waals surface area contributed by atoms with Gasteiger partial charge in [-0.3, -0.25) is 0 Å². The molecule has 0 aliphatic heterocycles. The largest absolute Gasteiger partial charge is 0.241 e. The summed E-state index contributed by atoms with van der Waals surface area (Å²) < 4.78 is 0. The molecule has 0 saturated heterocycles. The Kier molecular flexibility index (Phi) is 8.96. The van der Waals surface area contributed by atoms with Gasteiger partial charge in [-0.2, -0.15) is 0 Å². The van der Waals surface area contributed by atoms with Crippen LogP contribution in [-0.2, 0) is 0 Å². The molecule has 0 saturated carbocycles. The average molecular weight is 228 g/mol. The van der Waals surface area contributed by atoms with E-state index in [0.29, 0.717) is 12.1 Å². The lowest BCUT2D eigenvalue weighted by Gasteiger charge is -2.41. The molecule has 0 radical (unpaired) electrons. The fourth-order valence-corrected chi connectivity index (χ4v) is 2.27. The van der Waals surface area contributed by atoms with Gasteiger partial charge in [0.05, 0.1) is 0 Å². The van der Waals surface area contributed by atoms with Gasteiger partial charge >= 0.3 is 0 Å². The number of hydrogen-bond acceptors (Lipinski definition) is 2. The van der Waals surface area contributed by atoms with Gasteiger partial charge in [-0.15, -0.1) is 0 Å². The van der Waals surface area contributed by atoms with E-state index < -0.39 is 0 Å². The van der Waals surface area contributed by atoms with E-state index in [0.717, 1.165) is 0 Å². The van der Waals surface area contributed by atoms with Crippen molar-refractivity contribution in [2.24, 2.45) is 0 Å². The van der Waals surface area contributed by atoms with Crippen LogP contribution in [-0.4, -0.2) is 35.2 Å². The lowest BCUT2D eigenvalue weighted by molar-refractivity contribution is -0.0771. The van der Waals surface area contributed by atoms with E-state index >= 15 is 0 Å². The first-order valence-electron chi connectivity index (χ1n) is 7.07. The number of rotatable bonds is 9. The lowest BCUT2D eigenvalue weighted by atomic mass is 10.2. The van der Waals surface area contributed by atoms with Crippen LogP contribution in [0.1, 0.15) is 67.2 Å². The van der Waals surface area contributed by atoms with Crippen LogP contribution in [0.4, 0.5) is 0 Å². The summed E-state index contributed by atoms with van der Waals surface area (Å²) in [7, 11) is 0. The van der Waals surface area contributed by atoms with Crippen molar-refractivity contribution < 1.29 is 0 Å². The molecule has 0 aromatic heterocycles. The van der Waals surface area contributed by atoms with E-state index in [1.54, 1.807) is 0 Å². The van der Waals surface area contributed by atoms with Gasteiger partial charge in [0, 0.05) is 25.2 Å². The third-order valence-corrected chi connectivity index (χ3v) is 2.92. The number of nitrogens with zero attached hydrogens (tertiary/aromatic N) is 2. The number of unbranched alkanes of at least 4 members (excludes halogenated alkanes) is 2. The summed E-state index contributed by atoms with van der Waals surface area (Å²) in [6.45, 7) is 16.2. The first kappa shape index (κ1) is 15.9. The van der Waals surface area contributed by atoms with E-state index in [4.69, 9.17) is 0 Å². The Morgan fingerprint density at radius 2 is 1.12 bits per heavy atom. The standard InChI is InChI=1S/C14H32N2/c1-7-9-11-15(12-10-8-2)16(13(3)4)14(5)6/h13-14H,7-12H2,1-6H3. The molecule has 0 spiro atoms.